The van der Waals surface area contributed by atoms with Crippen LogP contribution in [-0.2, 0) is 6.54 Å². The first kappa shape index (κ1) is 16.0. The molecule has 7 heteroatoms. The Labute approximate surface area is 143 Å². The summed E-state index contributed by atoms with van der Waals surface area (Å²) in [5, 5.41) is 7.20. The largest absolute Gasteiger partial charge is 0.497 e. The van der Waals surface area contributed by atoms with E-state index in [2.05, 4.69) is 15.5 Å². The summed E-state index contributed by atoms with van der Waals surface area (Å²) < 4.78 is 10.3. The van der Waals surface area contributed by atoms with Crippen molar-refractivity contribution in [1.29, 1.82) is 0 Å². The molecule has 3 rings (SSSR count). The third-order valence-electron chi connectivity index (χ3n) is 3.32. The number of aromatic nitrogens is 2. The van der Waals surface area contributed by atoms with Crippen molar-refractivity contribution in [3.8, 4) is 17.1 Å². The lowest BCUT2D eigenvalue weighted by atomic mass is 10.2. The highest BCUT2D eigenvalue weighted by Gasteiger charge is 2.11. The van der Waals surface area contributed by atoms with E-state index in [4.69, 9.17) is 20.9 Å². The predicted molar refractivity (Wildman–Crippen MR) is 88.9 cm³/mol. The summed E-state index contributed by atoms with van der Waals surface area (Å²) >= 11 is 5.80. The molecular weight excluding hydrogens is 330 g/mol. The molecule has 0 spiro atoms. The van der Waals surface area contributed by atoms with Crippen molar-refractivity contribution in [3.05, 3.63) is 65.0 Å². The number of nitrogens with zero attached hydrogens (tertiary/aromatic N) is 2. The van der Waals surface area contributed by atoms with Crippen LogP contribution < -0.4 is 10.1 Å². The summed E-state index contributed by atoms with van der Waals surface area (Å²) in [7, 11) is 1.60. The maximum atomic E-state index is 12.0. The van der Waals surface area contributed by atoms with E-state index in [0.29, 0.717) is 22.3 Å². The summed E-state index contributed by atoms with van der Waals surface area (Å²) in [4.78, 5) is 16.3. The van der Waals surface area contributed by atoms with Crippen molar-refractivity contribution in [3.63, 3.8) is 0 Å². The molecule has 6 nitrogen and oxygen atoms in total. The summed E-state index contributed by atoms with van der Waals surface area (Å²) in [5.41, 5.74) is 1.31. The van der Waals surface area contributed by atoms with Gasteiger partial charge in [-0.3, -0.25) is 4.79 Å². The molecule has 0 atom stereocenters. The van der Waals surface area contributed by atoms with Gasteiger partial charge in [-0.2, -0.15) is 4.98 Å². The minimum absolute atomic E-state index is 0.143. The van der Waals surface area contributed by atoms with Gasteiger partial charge in [0.15, 0.2) is 0 Å². The van der Waals surface area contributed by atoms with Crippen molar-refractivity contribution in [1.82, 2.24) is 15.5 Å². The number of ether oxygens (including phenoxy) is 1. The minimum atomic E-state index is -0.240. The molecule has 122 valence electrons. The molecule has 0 aliphatic rings. The number of carbonyl (C=O) groups excluding carboxylic acids is 1. The Balaban J connectivity index is 1.63. The van der Waals surface area contributed by atoms with E-state index in [0.717, 1.165) is 11.3 Å². The summed E-state index contributed by atoms with van der Waals surface area (Å²) in [6.07, 6.45) is 0. The van der Waals surface area contributed by atoms with Gasteiger partial charge in [-0.1, -0.05) is 16.8 Å². The highest BCUT2D eigenvalue weighted by molar-refractivity contribution is 6.30. The van der Waals surface area contributed by atoms with Crippen LogP contribution >= 0.6 is 11.6 Å². The molecule has 1 amide bonds. The maximum absolute atomic E-state index is 12.0. The van der Waals surface area contributed by atoms with Crippen LogP contribution in [0, 0.1) is 0 Å². The lowest BCUT2D eigenvalue weighted by Crippen LogP contribution is -2.22. The normalized spacial score (nSPS) is 10.4. The van der Waals surface area contributed by atoms with Crippen LogP contribution in [0.3, 0.4) is 0 Å². The molecule has 1 aromatic heterocycles. The zero-order valence-corrected chi connectivity index (χ0v) is 13.6. The number of carbonyl (C=O) groups is 1. The quantitative estimate of drug-likeness (QED) is 0.768. The Morgan fingerprint density at radius 3 is 2.54 bits per heavy atom. The number of rotatable bonds is 5. The van der Waals surface area contributed by atoms with Gasteiger partial charge in [-0.15, -0.1) is 0 Å². The van der Waals surface area contributed by atoms with Crippen molar-refractivity contribution in [2.24, 2.45) is 0 Å². The van der Waals surface area contributed by atoms with Crippen molar-refractivity contribution in [2.45, 2.75) is 6.54 Å². The van der Waals surface area contributed by atoms with Gasteiger partial charge in [0.1, 0.15) is 5.75 Å². The molecule has 0 unspecified atom stereocenters. The molecule has 0 fully saturated rings. The summed E-state index contributed by atoms with van der Waals surface area (Å²) in [5.74, 6) is 1.28. The average Bonchev–Trinajstić information content (AvgIpc) is 3.09. The lowest BCUT2D eigenvalue weighted by Gasteiger charge is -2.02. The Kier molecular flexibility index (Phi) is 4.77. The number of amides is 1. The molecule has 0 aliphatic heterocycles. The van der Waals surface area contributed by atoms with E-state index in [1.54, 1.807) is 31.4 Å². The predicted octanol–water partition coefficient (Wildman–Crippen LogP) is 3.33. The fourth-order valence-corrected chi connectivity index (χ4v) is 2.17. The van der Waals surface area contributed by atoms with Crippen molar-refractivity contribution < 1.29 is 14.1 Å². The first-order valence-electron chi connectivity index (χ1n) is 7.16. The highest BCUT2D eigenvalue weighted by atomic mass is 35.5. The standard InChI is InChI=1S/C17H14ClN3O3/c1-23-14-8-4-11(5-9-14)16-20-15(24-21-16)10-19-17(22)12-2-6-13(18)7-3-12/h2-9H,10H2,1H3,(H,19,22). The number of hydrogen-bond donors (Lipinski definition) is 1. The molecule has 24 heavy (non-hydrogen) atoms. The molecule has 0 saturated carbocycles. The zero-order valence-electron chi connectivity index (χ0n) is 12.8. The van der Waals surface area contributed by atoms with E-state index in [1.165, 1.54) is 0 Å². The van der Waals surface area contributed by atoms with Gasteiger partial charge in [-0.25, -0.2) is 0 Å². The van der Waals surface area contributed by atoms with Crippen LogP contribution in [-0.4, -0.2) is 23.2 Å². The van der Waals surface area contributed by atoms with Crippen molar-refractivity contribution in [2.75, 3.05) is 7.11 Å². The number of hydrogen-bond acceptors (Lipinski definition) is 5. The molecule has 2 aromatic carbocycles. The van der Waals surface area contributed by atoms with E-state index in [-0.39, 0.29) is 12.5 Å². The van der Waals surface area contributed by atoms with E-state index >= 15 is 0 Å². The highest BCUT2D eigenvalue weighted by Crippen LogP contribution is 2.19. The topological polar surface area (TPSA) is 77.3 Å². The molecule has 0 radical (unpaired) electrons. The van der Waals surface area contributed by atoms with Gasteiger partial charge >= 0.3 is 0 Å². The molecule has 1 N–H and O–H groups in total. The Morgan fingerprint density at radius 1 is 1.17 bits per heavy atom. The summed E-state index contributed by atoms with van der Waals surface area (Å²) in [6.45, 7) is 0.143. The van der Waals surface area contributed by atoms with E-state index in [9.17, 15) is 4.79 Å². The van der Waals surface area contributed by atoms with Gasteiger partial charge in [0.05, 0.1) is 13.7 Å². The van der Waals surface area contributed by atoms with Crippen molar-refractivity contribution >= 4 is 17.5 Å². The van der Waals surface area contributed by atoms with Crippen LogP contribution in [0.2, 0.25) is 5.02 Å². The lowest BCUT2D eigenvalue weighted by molar-refractivity contribution is 0.0946. The smallest absolute Gasteiger partial charge is 0.251 e. The third kappa shape index (κ3) is 3.72. The molecule has 0 saturated heterocycles. The Hall–Kier alpha value is -2.86. The Bertz CT molecular complexity index is 829. The summed E-state index contributed by atoms with van der Waals surface area (Å²) in [6, 6.07) is 13.9. The fourth-order valence-electron chi connectivity index (χ4n) is 2.04. The van der Waals surface area contributed by atoms with E-state index in [1.807, 2.05) is 24.3 Å². The van der Waals surface area contributed by atoms with Gasteiger partial charge < -0.3 is 14.6 Å². The fraction of sp³-hybridized carbons (Fsp3) is 0.118. The van der Waals surface area contributed by atoms with Gasteiger partial charge in [0.2, 0.25) is 11.7 Å². The van der Waals surface area contributed by atoms with Crippen LogP contribution in [0.1, 0.15) is 16.2 Å². The van der Waals surface area contributed by atoms with Crippen LogP contribution in [0.25, 0.3) is 11.4 Å². The first-order valence-corrected chi connectivity index (χ1v) is 7.54. The zero-order chi connectivity index (χ0) is 16.9. The third-order valence-corrected chi connectivity index (χ3v) is 3.57. The van der Waals surface area contributed by atoms with Crippen LogP contribution in [0.4, 0.5) is 0 Å². The number of benzene rings is 2. The molecule has 3 aromatic rings. The monoisotopic (exact) mass is 343 g/mol. The van der Waals surface area contributed by atoms with Gasteiger partial charge in [-0.05, 0) is 48.5 Å². The number of methoxy groups -OCH3 is 1. The number of nitrogens with one attached hydrogen (secondary N) is 1. The second kappa shape index (κ2) is 7.14. The van der Waals surface area contributed by atoms with Gasteiger partial charge in [0, 0.05) is 16.1 Å². The molecule has 0 aliphatic carbocycles. The van der Waals surface area contributed by atoms with Gasteiger partial charge in [0.25, 0.3) is 5.91 Å². The van der Waals surface area contributed by atoms with E-state index < -0.39 is 0 Å². The SMILES string of the molecule is COc1ccc(-c2noc(CNC(=O)c3ccc(Cl)cc3)n2)cc1. The minimum Gasteiger partial charge on any atom is -0.497 e. The molecule has 1 heterocycles. The Morgan fingerprint density at radius 2 is 1.88 bits per heavy atom. The molecular formula is C17H14ClN3O3. The first-order chi connectivity index (χ1) is 11.7. The number of halogens is 1. The second-order valence-corrected chi connectivity index (χ2v) is 5.37. The maximum Gasteiger partial charge on any atom is 0.251 e. The average molecular weight is 344 g/mol. The molecule has 0 bridgehead atoms. The van der Waals surface area contributed by atoms with Crippen LogP contribution in [0.5, 0.6) is 5.75 Å². The second-order valence-electron chi connectivity index (χ2n) is 4.93. The van der Waals surface area contributed by atoms with Crippen LogP contribution in [0.15, 0.2) is 53.1 Å².